The van der Waals surface area contributed by atoms with Gasteiger partial charge in [0.1, 0.15) is 11.6 Å². The Kier molecular flexibility index (Phi) is 9.62. The lowest BCUT2D eigenvalue weighted by molar-refractivity contribution is -0.132. The number of unbranched alkanes of at least 4 members (excludes halogenated alkanes) is 6. The second kappa shape index (κ2) is 13.3. The SMILES string of the molecule is CCCCCCc1ccc(-c2ccc3c(c2)Oc2cc(/C=C(/C#N)C(=O)O)ccc2N3CCCCCC)s1. The maximum absolute atomic E-state index is 11.3. The third-order valence-corrected chi connectivity index (χ3v) is 8.06. The number of aryl methyl sites for hydroxylation is 1. The molecule has 0 amide bonds. The van der Waals surface area contributed by atoms with Gasteiger partial charge in [0.05, 0.1) is 11.4 Å². The van der Waals surface area contributed by atoms with E-state index in [4.69, 9.17) is 4.74 Å². The number of thiophene rings is 1. The molecule has 0 bridgehead atoms. The van der Waals surface area contributed by atoms with E-state index >= 15 is 0 Å². The van der Waals surface area contributed by atoms with Gasteiger partial charge in [-0.15, -0.1) is 11.3 Å². The molecule has 38 heavy (non-hydrogen) atoms. The van der Waals surface area contributed by atoms with Crippen LogP contribution in [0.4, 0.5) is 11.4 Å². The fourth-order valence-electron chi connectivity index (χ4n) is 4.79. The first kappa shape index (κ1) is 27.5. The molecule has 1 N–H and O–H groups in total. The van der Waals surface area contributed by atoms with Crippen molar-refractivity contribution in [2.45, 2.75) is 71.6 Å². The fraction of sp³-hybridized carbons (Fsp3) is 0.375. The van der Waals surface area contributed by atoms with E-state index < -0.39 is 5.97 Å². The number of hydrogen-bond donors (Lipinski definition) is 1. The predicted octanol–water partition coefficient (Wildman–Crippen LogP) is 9.35. The van der Waals surface area contributed by atoms with Gasteiger partial charge in [0.25, 0.3) is 0 Å². The van der Waals surface area contributed by atoms with Crippen molar-refractivity contribution in [2.24, 2.45) is 0 Å². The zero-order chi connectivity index (χ0) is 26.9. The molecule has 1 aliphatic rings. The standard InChI is InChI=1S/C32H36N2O3S/c1-3-5-7-9-11-26-14-17-31(38-26)24-13-16-28-30(21-24)37-29-20-23(19-25(22-33)32(35)36)12-15-27(29)34(28)18-10-8-6-4-2/h12-17,19-21H,3-11,18H2,1-2H3,(H,35,36)/b25-19-. The molecule has 0 spiro atoms. The molecule has 2 heterocycles. The number of anilines is 2. The molecule has 1 aliphatic heterocycles. The molecule has 5 nitrogen and oxygen atoms in total. The quantitative estimate of drug-likeness (QED) is 0.136. The molecule has 3 aromatic rings. The number of fused-ring (bicyclic) bond motifs is 2. The van der Waals surface area contributed by atoms with E-state index in [0.29, 0.717) is 11.3 Å². The molecule has 0 radical (unpaired) electrons. The van der Waals surface area contributed by atoms with Crippen molar-refractivity contribution >= 4 is 34.8 Å². The number of nitrogens with zero attached hydrogens (tertiary/aromatic N) is 2. The summed E-state index contributed by atoms with van der Waals surface area (Å²) < 4.78 is 6.42. The van der Waals surface area contributed by atoms with E-state index in [1.54, 1.807) is 6.07 Å². The molecule has 0 unspecified atom stereocenters. The van der Waals surface area contributed by atoms with Gasteiger partial charge in [0.15, 0.2) is 11.5 Å². The Balaban J connectivity index is 1.63. The highest BCUT2D eigenvalue weighted by Crippen LogP contribution is 2.49. The summed E-state index contributed by atoms with van der Waals surface area (Å²) in [6.45, 7) is 5.32. The van der Waals surface area contributed by atoms with Crippen LogP contribution < -0.4 is 9.64 Å². The molecule has 2 aromatic carbocycles. The van der Waals surface area contributed by atoms with Gasteiger partial charge in [0.2, 0.25) is 0 Å². The maximum Gasteiger partial charge on any atom is 0.346 e. The molecule has 0 saturated carbocycles. The van der Waals surface area contributed by atoms with Gasteiger partial charge in [-0.2, -0.15) is 5.26 Å². The normalized spacial score (nSPS) is 12.4. The maximum atomic E-state index is 11.3. The van der Waals surface area contributed by atoms with Gasteiger partial charge < -0.3 is 14.7 Å². The van der Waals surface area contributed by atoms with Crippen molar-refractivity contribution in [3.63, 3.8) is 0 Å². The molecule has 0 saturated heterocycles. The van der Waals surface area contributed by atoms with E-state index in [0.717, 1.165) is 48.5 Å². The first-order chi connectivity index (χ1) is 18.5. The first-order valence-corrected chi connectivity index (χ1v) is 14.5. The highest BCUT2D eigenvalue weighted by molar-refractivity contribution is 7.15. The van der Waals surface area contributed by atoms with E-state index in [1.807, 2.05) is 29.5 Å². The molecule has 0 atom stereocenters. The Bertz CT molecular complexity index is 1330. The number of nitriles is 1. The highest BCUT2D eigenvalue weighted by Gasteiger charge is 2.25. The number of rotatable bonds is 13. The van der Waals surface area contributed by atoms with E-state index in [-0.39, 0.29) is 5.57 Å². The van der Waals surface area contributed by atoms with Crippen molar-refractivity contribution < 1.29 is 14.6 Å². The molecule has 1 aromatic heterocycles. The third-order valence-electron chi connectivity index (χ3n) is 6.87. The minimum atomic E-state index is -1.24. The smallest absolute Gasteiger partial charge is 0.346 e. The lowest BCUT2D eigenvalue weighted by atomic mass is 10.1. The molecule has 198 valence electrons. The topological polar surface area (TPSA) is 73.6 Å². The lowest BCUT2D eigenvalue weighted by Gasteiger charge is -2.33. The molecule has 4 rings (SSSR count). The summed E-state index contributed by atoms with van der Waals surface area (Å²) in [5, 5.41) is 18.5. The zero-order valence-corrected chi connectivity index (χ0v) is 23.2. The highest BCUT2D eigenvalue weighted by atomic mass is 32.1. The van der Waals surface area contributed by atoms with Crippen LogP contribution in [0.5, 0.6) is 11.5 Å². The molecule has 0 aliphatic carbocycles. The minimum Gasteiger partial charge on any atom is -0.477 e. The first-order valence-electron chi connectivity index (χ1n) is 13.7. The van der Waals surface area contributed by atoms with Crippen molar-refractivity contribution in [3.05, 3.63) is 64.5 Å². The fourth-order valence-corrected chi connectivity index (χ4v) is 5.83. The van der Waals surface area contributed by atoms with Gasteiger partial charge in [0, 0.05) is 16.3 Å². The summed E-state index contributed by atoms with van der Waals surface area (Å²) in [5.74, 6) is 0.229. The van der Waals surface area contributed by atoms with Crippen LogP contribution in [0.3, 0.4) is 0 Å². The Morgan fingerprint density at radius 2 is 1.66 bits per heavy atom. The zero-order valence-electron chi connectivity index (χ0n) is 22.3. The number of hydrogen-bond acceptors (Lipinski definition) is 5. The van der Waals surface area contributed by atoms with Crippen LogP contribution in [0.2, 0.25) is 0 Å². The van der Waals surface area contributed by atoms with E-state index in [1.165, 1.54) is 54.4 Å². The van der Waals surface area contributed by atoms with Crippen LogP contribution in [0.25, 0.3) is 16.5 Å². The summed E-state index contributed by atoms with van der Waals surface area (Å²) in [6, 6.07) is 18.3. The summed E-state index contributed by atoms with van der Waals surface area (Å²) in [6.07, 6.45) is 12.2. The second-order valence-electron chi connectivity index (χ2n) is 9.78. The third kappa shape index (κ3) is 6.65. The van der Waals surface area contributed by atoms with Gasteiger partial charge >= 0.3 is 5.97 Å². The summed E-state index contributed by atoms with van der Waals surface area (Å²) in [5.41, 5.74) is 3.46. The Labute approximate surface area is 230 Å². The lowest BCUT2D eigenvalue weighted by Crippen LogP contribution is -2.22. The predicted molar refractivity (Wildman–Crippen MR) is 156 cm³/mol. The van der Waals surface area contributed by atoms with Crippen molar-refractivity contribution in [1.29, 1.82) is 5.26 Å². The van der Waals surface area contributed by atoms with Crippen molar-refractivity contribution in [3.8, 4) is 28.0 Å². The number of benzene rings is 2. The van der Waals surface area contributed by atoms with E-state index in [2.05, 4.69) is 49.1 Å². The number of aliphatic carboxylic acids is 1. The molecule has 0 fully saturated rings. The number of carboxylic acid groups (broad SMARTS) is 1. The number of carbonyl (C=O) groups is 1. The van der Waals surface area contributed by atoms with Gasteiger partial charge in [-0.1, -0.05) is 64.5 Å². The summed E-state index contributed by atoms with van der Waals surface area (Å²) in [7, 11) is 0. The number of carboxylic acids is 1. The summed E-state index contributed by atoms with van der Waals surface area (Å²) in [4.78, 5) is 16.3. The van der Waals surface area contributed by atoms with Gasteiger partial charge in [-0.3, -0.25) is 0 Å². The second-order valence-corrected chi connectivity index (χ2v) is 10.9. The van der Waals surface area contributed by atoms with Gasteiger partial charge in [-0.25, -0.2) is 4.79 Å². The largest absolute Gasteiger partial charge is 0.477 e. The number of ether oxygens (including phenoxy) is 1. The average Bonchev–Trinajstić information content (AvgIpc) is 3.40. The molecular formula is C32H36N2O3S. The van der Waals surface area contributed by atoms with Crippen LogP contribution in [-0.2, 0) is 11.2 Å². The van der Waals surface area contributed by atoms with E-state index in [9.17, 15) is 15.2 Å². The van der Waals surface area contributed by atoms with Crippen LogP contribution in [0.1, 0.15) is 75.7 Å². The van der Waals surface area contributed by atoms with Crippen molar-refractivity contribution in [1.82, 2.24) is 0 Å². The Morgan fingerprint density at radius 1 is 0.947 bits per heavy atom. The van der Waals surface area contributed by atoms with Crippen LogP contribution in [0.15, 0.2) is 54.1 Å². The summed E-state index contributed by atoms with van der Waals surface area (Å²) >= 11 is 1.85. The van der Waals surface area contributed by atoms with Crippen LogP contribution in [0, 0.1) is 11.3 Å². The minimum absolute atomic E-state index is 0.303. The Hall–Kier alpha value is -3.56. The van der Waals surface area contributed by atoms with Crippen LogP contribution in [-0.4, -0.2) is 17.6 Å². The molecular weight excluding hydrogens is 492 g/mol. The van der Waals surface area contributed by atoms with Gasteiger partial charge in [-0.05, 0) is 72.9 Å². The monoisotopic (exact) mass is 528 g/mol. The average molecular weight is 529 g/mol. The Morgan fingerprint density at radius 3 is 2.37 bits per heavy atom. The van der Waals surface area contributed by atoms with Crippen molar-refractivity contribution in [2.75, 3.05) is 11.4 Å². The van der Waals surface area contributed by atoms with Crippen LogP contribution >= 0.6 is 11.3 Å². The molecule has 6 heteroatoms.